The van der Waals surface area contributed by atoms with Crippen LogP contribution in [0.4, 0.5) is 0 Å². The van der Waals surface area contributed by atoms with E-state index in [0.29, 0.717) is 6.04 Å². The second-order valence-electron chi connectivity index (χ2n) is 3.95. The molecule has 0 spiro atoms. The van der Waals surface area contributed by atoms with E-state index in [4.69, 9.17) is 4.52 Å². The fourth-order valence-electron chi connectivity index (χ4n) is 1.36. The summed E-state index contributed by atoms with van der Waals surface area (Å²) in [6.45, 7) is 4.93. The third-order valence-electron chi connectivity index (χ3n) is 2.22. The Hall–Kier alpha value is -1.68. The molecule has 2 aromatic heterocycles. The standard InChI is InChI=1S/C12H15N3O/c1-9(2)14-8-11-7-12(16-15-11)10-3-5-13-6-4-10/h3-7,9,14H,8H2,1-2H3. The van der Waals surface area contributed by atoms with Crippen molar-refractivity contribution in [2.45, 2.75) is 26.4 Å². The maximum Gasteiger partial charge on any atom is 0.167 e. The van der Waals surface area contributed by atoms with Gasteiger partial charge in [-0.15, -0.1) is 0 Å². The number of pyridine rings is 1. The minimum atomic E-state index is 0.445. The monoisotopic (exact) mass is 217 g/mol. The Bertz CT molecular complexity index is 437. The van der Waals surface area contributed by atoms with Crippen molar-refractivity contribution < 1.29 is 4.52 Å². The maximum atomic E-state index is 5.27. The van der Waals surface area contributed by atoms with Crippen LogP contribution in [-0.4, -0.2) is 16.2 Å². The van der Waals surface area contributed by atoms with Crippen LogP contribution in [0.2, 0.25) is 0 Å². The molecule has 84 valence electrons. The molecule has 0 amide bonds. The van der Waals surface area contributed by atoms with Crippen molar-refractivity contribution in [3.05, 3.63) is 36.3 Å². The minimum absolute atomic E-state index is 0.445. The second-order valence-corrected chi connectivity index (χ2v) is 3.95. The zero-order valence-electron chi connectivity index (χ0n) is 9.47. The van der Waals surface area contributed by atoms with Crippen LogP contribution in [0.1, 0.15) is 19.5 Å². The van der Waals surface area contributed by atoms with E-state index in [1.165, 1.54) is 0 Å². The Morgan fingerprint density at radius 1 is 1.31 bits per heavy atom. The lowest BCUT2D eigenvalue weighted by Gasteiger charge is -2.03. The maximum absolute atomic E-state index is 5.27. The largest absolute Gasteiger partial charge is 0.356 e. The van der Waals surface area contributed by atoms with Gasteiger partial charge in [0.15, 0.2) is 5.76 Å². The third kappa shape index (κ3) is 2.67. The normalized spacial score (nSPS) is 10.9. The van der Waals surface area contributed by atoms with E-state index in [1.807, 2.05) is 18.2 Å². The van der Waals surface area contributed by atoms with Gasteiger partial charge >= 0.3 is 0 Å². The van der Waals surface area contributed by atoms with E-state index >= 15 is 0 Å². The molecular formula is C12H15N3O. The molecule has 0 aliphatic carbocycles. The number of nitrogens with one attached hydrogen (secondary N) is 1. The van der Waals surface area contributed by atoms with Gasteiger partial charge in [0.05, 0.1) is 5.69 Å². The Balaban J connectivity index is 2.08. The highest BCUT2D eigenvalue weighted by atomic mass is 16.5. The first-order valence-electron chi connectivity index (χ1n) is 5.35. The predicted molar refractivity (Wildman–Crippen MR) is 61.7 cm³/mol. The number of rotatable bonds is 4. The molecule has 2 aromatic rings. The van der Waals surface area contributed by atoms with E-state index in [1.54, 1.807) is 12.4 Å². The molecule has 0 fully saturated rings. The summed E-state index contributed by atoms with van der Waals surface area (Å²) in [6, 6.07) is 6.20. The van der Waals surface area contributed by atoms with Crippen LogP contribution in [0.3, 0.4) is 0 Å². The summed E-state index contributed by atoms with van der Waals surface area (Å²) in [4.78, 5) is 3.96. The van der Waals surface area contributed by atoms with Gasteiger partial charge in [0.2, 0.25) is 0 Å². The molecule has 2 heterocycles. The van der Waals surface area contributed by atoms with Crippen molar-refractivity contribution in [1.29, 1.82) is 0 Å². The SMILES string of the molecule is CC(C)NCc1cc(-c2ccncc2)on1. The van der Waals surface area contributed by atoms with Gasteiger partial charge in [0.1, 0.15) is 0 Å². The van der Waals surface area contributed by atoms with Gasteiger partial charge in [-0.05, 0) is 12.1 Å². The molecule has 1 N–H and O–H groups in total. The average molecular weight is 217 g/mol. The van der Waals surface area contributed by atoms with Crippen molar-refractivity contribution in [2.24, 2.45) is 0 Å². The molecule has 0 radical (unpaired) electrons. The van der Waals surface area contributed by atoms with E-state index in [0.717, 1.165) is 23.6 Å². The first-order chi connectivity index (χ1) is 7.75. The van der Waals surface area contributed by atoms with Gasteiger partial charge in [-0.25, -0.2) is 0 Å². The summed E-state index contributed by atoms with van der Waals surface area (Å²) in [5.74, 6) is 0.781. The van der Waals surface area contributed by atoms with Crippen molar-refractivity contribution in [3.8, 4) is 11.3 Å². The fourth-order valence-corrected chi connectivity index (χ4v) is 1.36. The summed E-state index contributed by atoms with van der Waals surface area (Å²) < 4.78 is 5.27. The highest BCUT2D eigenvalue weighted by Crippen LogP contribution is 2.18. The Labute approximate surface area is 94.7 Å². The van der Waals surface area contributed by atoms with Gasteiger partial charge < -0.3 is 9.84 Å². The van der Waals surface area contributed by atoms with Gasteiger partial charge in [-0.1, -0.05) is 19.0 Å². The summed E-state index contributed by atoms with van der Waals surface area (Å²) >= 11 is 0. The van der Waals surface area contributed by atoms with E-state index in [2.05, 4.69) is 29.3 Å². The average Bonchev–Trinajstić information content (AvgIpc) is 2.76. The lowest BCUT2D eigenvalue weighted by Crippen LogP contribution is -2.21. The van der Waals surface area contributed by atoms with E-state index in [-0.39, 0.29) is 0 Å². The molecule has 0 atom stereocenters. The van der Waals surface area contributed by atoms with Crippen LogP contribution in [0, 0.1) is 0 Å². The highest BCUT2D eigenvalue weighted by Gasteiger charge is 2.06. The van der Waals surface area contributed by atoms with E-state index in [9.17, 15) is 0 Å². The van der Waals surface area contributed by atoms with Gasteiger partial charge in [0, 0.05) is 36.6 Å². The number of nitrogens with zero attached hydrogens (tertiary/aromatic N) is 2. The molecule has 4 nitrogen and oxygen atoms in total. The Kier molecular flexibility index (Phi) is 3.31. The molecule has 0 saturated carbocycles. The molecule has 0 unspecified atom stereocenters. The second kappa shape index (κ2) is 4.90. The molecule has 2 rings (SSSR count). The number of hydrogen-bond donors (Lipinski definition) is 1. The van der Waals surface area contributed by atoms with Crippen LogP contribution in [0.5, 0.6) is 0 Å². The minimum Gasteiger partial charge on any atom is -0.356 e. The van der Waals surface area contributed by atoms with Crippen LogP contribution < -0.4 is 5.32 Å². The molecular weight excluding hydrogens is 202 g/mol. The number of aromatic nitrogens is 2. The van der Waals surface area contributed by atoms with Crippen LogP contribution in [-0.2, 0) is 6.54 Å². The van der Waals surface area contributed by atoms with Crippen molar-refractivity contribution in [3.63, 3.8) is 0 Å². The fraction of sp³-hybridized carbons (Fsp3) is 0.333. The number of hydrogen-bond acceptors (Lipinski definition) is 4. The van der Waals surface area contributed by atoms with E-state index < -0.39 is 0 Å². The zero-order valence-corrected chi connectivity index (χ0v) is 9.47. The lowest BCUT2D eigenvalue weighted by molar-refractivity contribution is 0.417. The van der Waals surface area contributed by atoms with Gasteiger partial charge in [0.25, 0.3) is 0 Å². The third-order valence-corrected chi connectivity index (χ3v) is 2.22. The molecule has 0 bridgehead atoms. The van der Waals surface area contributed by atoms with Crippen molar-refractivity contribution in [2.75, 3.05) is 0 Å². The van der Waals surface area contributed by atoms with Crippen LogP contribution in [0.15, 0.2) is 35.1 Å². The lowest BCUT2D eigenvalue weighted by atomic mass is 10.2. The van der Waals surface area contributed by atoms with Crippen LogP contribution in [0.25, 0.3) is 11.3 Å². The first-order valence-corrected chi connectivity index (χ1v) is 5.35. The highest BCUT2D eigenvalue weighted by molar-refractivity contribution is 5.56. The molecule has 0 aromatic carbocycles. The Morgan fingerprint density at radius 3 is 2.75 bits per heavy atom. The molecule has 0 saturated heterocycles. The smallest absolute Gasteiger partial charge is 0.167 e. The summed E-state index contributed by atoms with van der Waals surface area (Å²) in [7, 11) is 0. The quantitative estimate of drug-likeness (QED) is 0.853. The summed E-state index contributed by atoms with van der Waals surface area (Å²) in [6.07, 6.45) is 3.48. The summed E-state index contributed by atoms with van der Waals surface area (Å²) in [5, 5.41) is 7.30. The zero-order chi connectivity index (χ0) is 11.4. The summed E-state index contributed by atoms with van der Waals surface area (Å²) in [5.41, 5.74) is 1.92. The molecule has 0 aliphatic heterocycles. The molecule has 0 aliphatic rings. The van der Waals surface area contributed by atoms with Gasteiger partial charge in [-0.2, -0.15) is 0 Å². The van der Waals surface area contributed by atoms with Crippen molar-refractivity contribution in [1.82, 2.24) is 15.5 Å². The molecule has 4 heteroatoms. The van der Waals surface area contributed by atoms with Crippen molar-refractivity contribution >= 4 is 0 Å². The van der Waals surface area contributed by atoms with Crippen LogP contribution >= 0.6 is 0 Å². The Morgan fingerprint density at radius 2 is 2.06 bits per heavy atom. The predicted octanol–water partition coefficient (Wildman–Crippen LogP) is 2.23. The molecule has 16 heavy (non-hydrogen) atoms. The van der Waals surface area contributed by atoms with Gasteiger partial charge in [-0.3, -0.25) is 4.98 Å². The topological polar surface area (TPSA) is 51.0 Å². The first kappa shape index (κ1) is 10.8.